The molecule has 3 nitrogen and oxygen atoms in total. The number of hydrogen-bond acceptors (Lipinski definition) is 3. The first kappa shape index (κ1) is 14.9. The van der Waals surface area contributed by atoms with E-state index in [2.05, 4.69) is 26.1 Å². The van der Waals surface area contributed by atoms with Crippen molar-refractivity contribution in [3.8, 4) is 0 Å². The number of unbranched alkanes of at least 4 members (excludes halogenated alkanes) is 1. The van der Waals surface area contributed by atoms with E-state index >= 15 is 0 Å². The Morgan fingerprint density at radius 3 is 2.47 bits per heavy atom. The fourth-order valence-corrected chi connectivity index (χ4v) is 1.28. The van der Waals surface area contributed by atoms with Crippen LogP contribution in [0, 0.1) is 5.92 Å². The maximum atomic E-state index is 5.72. The SMILES string of the molecule is CCCCOC(CNCC(C)C)COC. The molecule has 0 radical (unpaired) electrons. The largest absolute Gasteiger partial charge is 0.382 e. The van der Waals surface area contributed by atoms with E-state index in [1.54, 1.807) is 7.11 Å². The Bertz CT molecular complexity index is 129. The standard InChI is InChI=1S/C12H27NO2/c1-5-6-7-15-12(10-14-4)9-13-8-11(2)3/h11-13H,5-10H2,1-4H3. The summed E-state index contributed by atoms with van der Waals surface area (Å²) in [6, 6.07) is 0. The summed E-state index contributed by atoms with van der Waals surface area (Å²) in [5.41, 5.74) is 0. The summed E-state index contributed by atoms with van der Waals surface area (Å²) in [4.78, 5) is 0. The van der Waals surface area contributed by atoms with E-state index < -0.39 is 0 Å². The van der Waals surface area contributed by atoms with Crippen molar-refractivity contribution in [1.29, 1.82) is 0 Å². The van der Waals surface area contributed by atoms with Crippen molar-refractivity contribution in [2.24, 2.45) is 5.92 Å². The average molecular weight is 217 g/mol. The number of rotatable bonds is 10. The van der Waals surface area contributed by atoms with Gasteiger partial charge < -0.3 is 14.8 Å². The highest BCUT2D eigenvalue weighted by Crippen LogP contribution is 1.96. The number of hydrogen-bond donors (Lipinski definition) is 1. The molecule has 3 heteroatoms. The summed E-state index contributed by atoms with van der Waals surface area (Å²) >= 11 is 0. The van der Waals surface area contributed by atoms with Crippen molar-refractivity contribution >= 4 is 0 Å². The Morgan fingerprint density at radius 2 is 1.93 bits per heavy atom. The molecule has 0 spiro atoms. The predicted octanol–water partition coefficient (Wildman–Crippen LogP) is 2.06. The molecule has 92 valence electrons. The van der Waals surface area contributed by atoms with Gasteiger partial charge in [0.15, 0.2) is 0 Å². The highest BCUT2D eigenvalue weighted by atomic mass is 16.5. The minimum Gasteiger partial charge on any atom is -0.382 e. The first-order valence-corrected chi connectivity index (χ1v) is 6.01. The third-order valence-electron chi connectivity index (χ3n) is 2.13. The van der Waals surface area contributed by atoms with Crippen LogP contribution in [0.4, 0.5) is 0 Å². The van der Waals surface area contributed by atoms with E-state index in [9.17, 15) is 0 Å². The maximum absolute atomic E-state index is 5.72. The number of nitrogens with one attached hydrogen (secondary N) is 1. The summed E-state index contributed by atoms with van der Waals surface area (Å²) in [6.07, 6.45) is 2.50. The van der Waals surface area contributed by atoms with Gasteiger partial charge in [0.05, 0.1) is 12.7 Å². The second kappa shape index (κ2) is 10.4. The molecule has 0 saturated heterocycles. The quantitative estimate of drug-likeness (QED) is 0.568. The third kappa shape index (κ3) is 10.2. The van der Waals surface area contributed by atoms with Gasteiger partial charge in [-0.05, 0) is 18.9 Å². The van der Waals surface area contributed by atoms with Crippen LogP contribution in [-0.4, -0.2) is 39.5 Å². The maximum Gasteiger partial charge on any atom is 0.0932 e. The summed E-state index contributed by atoms with van der Waals surface area (Å²) in [5, 5.41) is 3.39. The van der Waals surface area contributed by atoms with Gasteiger partial charge in [0.25, 0.3) is 0 Å². The van der Waals surface area contributed by atoms with Crippen LogP contribution in [-0.2, 0) is 9.47 Å². The van der Waals surface area contributed by atoms with Crippen LogP contribution in [0.3, 0.4) is 0 Å². The fourth-order valence-electron chi connectivity index (χ4n) is 1.28. The normalized spacial score (nSPS) is 13.4. The molecule has 0 aromatic heterocycles. The molecular formula is C12H27NO2. The van der Waals surface area contributed by atoms with E-state index in [1.807, 2.05) is 0 Å². The molecule has 0 saturated carbocycles. The van der Waals surface area contributed by atoms with Gasteiger partial charge in [0.2, 0.25) is 0 Å². The lowest BCUT2D eigenvalue weighted by Gasteiger charge is -2.18. The van der Waals surface area contributed by atoms with Crippen molar-refractivity contribution in [3.05, 3.63) is 0 Å². The predicted molar refractivity (Wildman–Crippen MR) is 64.2 cm³/mol. The van der Waals surface area contributed by atoms with Crippen molar-refractivity contribution < 1.29 is 9.47 Å². The Labute approximate surface area is 94.5 Å². The zero-order valence-electron chi connectivity index (χ0n) is 10.7. The fraction of sp³-hybridized carbons (Fsp3) is 1.00. The van der Waals surface area contributed by atoms with E-state index in [-0.39, 0.29) is 6.10 Å². The van der Waals surface area contributed by atoms with Crippen molar-refractivity contribution in [3.63, 3.8) is 0 Å². The second-order valence-electron chi connectivity index (χ2n) is 4.35. The topological polar surface area (TPSA) is 30.5 Å². The zero-order valence-corrected chi connectivity index (χ0v) is 10.7. The van der Waals surface area contributed by atoms with Crippen molar-refractivity contribution in [1.82, 2.24) is 5.32 Å². The Morgan fingerprint density at radius 1 is 1.20 bits per heavy atom. The van der Waals surface area contributed by atoms with Crippen LogP contribution < -0.4 is 5.32 Å². The van der Waals surface area contributed by atoms with Gasteiger partial charge in [-0.3, -0.25) is 0 Å². The molecule has 0 aliphatic rings. The minimum absolute atomic E-state index is 0.195. The monoisotopic (exact) mass is 217 g/mol. The molecule has 0 heterocycles. The van der Waals surface area contributed by atoms with E-state index in [0.29, 0.717) is 12.5 Å². The first-order valence-electron chi connectivity index (χ1n) is 6.01. The van der Waals surface area contributed by atoms with Crippen LogP contribution in [0.5, 0.6) is 0 Å². The van der Waals surface area contributed by atoms with E-state index in [1.165, 1.54) is 6.42 Å². The molecular weight excluding hydrogens is 190 g/mol. The summed E-state index contributed by atoms with van der Waals surface area (Å²) in [5.74, 6) is 0.684. The molecule has 0 rings (SSSR count). The Hall–Kier alpha value is -0.120. The molecule has 0 amide bonds. The molecule has 0 bridgehead atoms. The molecule has 0 aliphatic carbocycles. The molecule has 15 heavy (non-hydrogen) atoms. The van der Waals surface area contributed by atoms with Gasteiger partial charge in [-0.15, -0.1) is 0 Å². The van der Waals surface area contributed by atoms with E-state index in [0.717, 1.165) is 26.1 Å². The highest BCUT2D eigenvalue weighted by Gasteiger charge is 2.08. The molecule has 0 aromatic rings. The van der Waals surface area contributed by atoms with Gasteiger partial charge >= 0.3 is 0 Å². The zero-order chi connectivity index (χ0) is 11.5. The lowest BCUT2D eigenvalue weighted by atomic mass is 10.2. The van der Waals surface area contributed by atoms with Crippen LogP contribution in [0.2, 0.25) is 0 Å². The van der Waals surface area contributed by atoms with Crippen LogP contribution in [0.15, 0.2) is 0 Å². The van der Waals surface area contributed by atoms with Crippen LogP contribution in [0.25, 0.3) is 0 Å². The summed E-state index contributed by atoms with van der Waals surface area (Å²) < 4.78 is 10.8. The first-order chi connectivity index (χ1) is 7.20. The molecule has 0 aliphatic heterocycles. The van der Waals surface area contributed by atoms with Crippen LogP contribution >= 0.6 is 0 Å². The molecule has 1 N–H and O–H groups in total. The van der Waals surface area contributed by atoms with Gasteiger partial charge in [-0.1, -0.05) is 27.2 Å². The van der Waals surface area contributed by atoms with Gasteiger partial charge in [0.1, 0.15) is 0 Å². The van der Waals surface area contributed by atoms with Crippen LogP contribution in [0.1, 0.15) is 33.6 Å². The van der Waals surface area contributed by atoms with Crippen molar-refractivity contribution in [2.45, 2.75) is 39.7 Å². The van der Waals surface area contributed by atoms with E-state index in [4.69, 9.17) is 9.47 Å². The number of ether oxygens (including phenoxy) is 2. The lowest BCUT2D eigenvalue weighted by molar-refractivity contribution is -0.00220. The highest BCUT2D eigenvalue weighted by molar-refractivity contribution is 4.62. The minimum atomic E-state index is 0.195. The summed E-state index contributed by atoms with van der Waals surface area (Å²) in [6.45, 7) is 10.0. The lowest BCUT2D eigenvalue weighted by Crippen LogP contribution is -2.34. The molecule has 1 atom stereocenters. The second-order valence-corrected chi connectivity index (χ2v) is 4.35. The van der Waals surface area contributed by atoms with Gasteiger partial charge in [0, 0.05) is 20.3 Å². The van der Waals surface area contributed by atoms with Gasteiger partial charge in [-0.2, -0.15) is 0 Å². The van der Waals surface area contributed by atoms with Crippen molar-refractivity contribution in [2.75, 3.05) is 33.4 Å². The summed E-state index contributed by atoms with van der Waals surface area (Å²) in [7, 11) is 1.72. The Balaban J connectivity index is 3.53. The Kier molecular flexibility index (Phi) is 10.3. The smallest absolute Gasteiger partial charge is 0.0932 e. The molecule has 0 fully saturated rings. The third-order valence-corrected chi connectivity index (χ3v) is 2.13. The molecule has 0 aromatic carbocycles. The van der Waals surface area contributed by atoms with Gasteiger partial charge in [-0.25, -0.2) is 0 Å². The number of methoxy groups -OCH3 is 1. The average Bonchev–Trinajstić information content (AvgIpc) is 2.17. The molecule has 1 unspecified atom stereocenters.